The predicted molar refractivity (Wildman–Crippen MR) is 21.1 cm³/mol. The fourth-order valence-corrected chi connectivity index (χ4v) is 0.307. The molecule has 1 nitrogen and oxygen atoms in total. The van der Waals surface area contributed by atoms with Gasteiger partial charge in [0, 0.05) is 0 Å². The Hall–Kier alpha value is -0.523. The summed E-state index contributed by atoms with van der Waals surface area (Å²) >= 11 is 0. The molecule has 0 N–H and O–H groups in total. The molecule has 0 aromatic heterocycles. The van der Waals surface area contributed by atoms with Gasteiger partial charge in [0.15, 0.2) is 0 Å². The molecule has 0 amide bonds. The lowest BCUT2D eigenvalue weighted by molar-refractivity contribution is 0.238. The van der Waals surface area contributed by atoms with Gasteiger partial charge in [-0.05, 0) is 0 Å². The second kappa shape index (κ2) is 3.48. The van der Waals surface area contributed by atoms with Crippen LogP contribution in [0.25, 0.3) is 0 Å². The van der Waals surface area contributed by atoms with Crippen LogP contribution in [0.2, 0.25) is 0 Å². The minimum atomic E-state index is -2.62. The highest BCUT2D eigenvalue weighted by Crippen LogP contribution is 2.08. The quantitative estimate of drug-likeness (QED) is 0.244. The molecule has 0 aliphatic rings. The summed E-state index contributed by atoms with van der Waals surface area (Å²) in [5.41, 5.74) is 0. The van der Waals surface area contributed by atoms with Crippen LogP contribution in [0.1, 0.15) is 0 Å². The Balaban J connectivity index is 3.62. The number of hydrogen-bond donors (Lipinski definition) is 0. The van der Waals surface area contributed by atoms with Crippen LogP contribution in [0.5, 0.6) is 0 Å². The van der Waals surface area contributed by atoms with Gasteiger partial charge in [-0.25, -0.2) is 0 Å². The standard InChI is InChI=1S/C2H2F4OSi/c3-1(4)2(5)7-8-6/h8H2. The first kappa shape index (κ1) is 7.48. The summed E-state index contributed by atoms with van der Waals surface area (Å²) in [4.78, 5) is 0. The van der Waals surface area contributed by atoms with Gasteiger partial charge in [-0.3, -0.25) is 4.11 Å². The fraction of sp³-hybridized carbons (Fsp3) is 0. The van der Waals surface area contributed by atoms with Gasteiger partial charge in [0.05, 0.1) is 0 Å². The molecule has 48 valence electrons. The van der Waals surface area contributed by atoms with Crippen LogP contribution in [0.15, 0.2) is 12.1 Å². The molecular weight excluding hydrogens is 144 g/mol. The van der Waals surface area contributed by atoms with Crippen molar-refractivity contribution in [3.8, 4) is 0 Å². The van der Waals surface area contributed by atoms with Crippen molar-refractivity contribution in [2.24, 2.45) is 0 Å². The number of halogens is 4. The molecule has 0 rings (SSSR count). The SMILES string of the molecule is F[SiH2]OC(F)=C(F)F. The van der Waals surface area contributed by atoms with Crippen LogP contribution in [-0.4, -0.2) is 10.1 Å². The van der Waals surface area contributed by atoms with Gasteiger partial charge >= 0.3 is 22.2 Å². The molecule has 8 heavy (non-hydrogen) atoms. The number of rotatable bonds is 2. The van der Waals surface area contributed by atoms with E-state index in [2.05, 4.69) is 4.43 Å². The van der Waals surface area contributed by atoms with E-state index in [0.717, 1.165) is 0 Å². The molecule has 0 radical (unpaired) electrons. The summed E-state index contributed by atoms with van der Waals surface area (Å²) in [5.74, 6) is 0. The van der Waals surface area contributed by atoms with Gasteiger partial charge < -0.3 is 4.43 Å². The van der Waals surface area contributed by atoms with E-state index in [-0.39, 0.29) is 0 Å². The monoisotopic (exact) mass is 146 g/mol. The molecule has 0 heterocycles. The molecule has 0 atom stereocenters. The van der Waals surface area contributed by atoms with Crippen LogP contribution < -0.4 is 0 Å². The van der Waals surface area contributed by atoms with E-state index in [9.17, 15) is 17.3 Å². The summed E-state index contributed by atoms with van der Waals surface area (Å²) in [6, 6.07) is -2.10. The van der Waals surface area contributed by atoms with E-state index in [1.807, 2.05) is 0 Å². The normalized spacial score (nSPS) is 10.0. The molecule has 0 aliphatic carbocycles. The minimum Gasteiger partial charge on any atom is -0.497 e. The smallest absolute Gasteiger partial charge is 0.411 e. The average molecular weight is 146 g/mol. The molecule has 0 aromatic carbocycles. The van der Waals surface area contributed by atoms with E-state index < -0.39 is 22.2 Å². The van der Waals surface area contributed by atoms with Gasteiger partial charge in [-0.15, -0.1) is 0 Å². The number of hydrogen-bond acceptors (Lipinski definition) is 1. The zero-order valence-electron chi connectivity index (χ0n) is 3.63. The summed E-state index contributed by atoms with van der Waals surface area (Å²) < 4.78 is 47.1. The maximum absolute atomic E-state index is 11.2. The van der Waals surface area contributed by atoms with Crippen molar-refractivity contribution in [1.82, 2.24) is 0 Å². The van der Waals surface area contributed by atoms with Crippen molar-refractivity contribution in [3.63, 3.8) is 0 Å². The lowest BCUT2D eigenvalue weighted by Crippen LogP contribution is -1.87. The largest absolute Gasteiger partial charge is 0.497 e. The van der Waals surface area contributed by atoms with E-state index >= 15 is 0 Å². The minimum absolute atomic E-state index is 2.10. The summed E-state index contributed by atoms with van der Waals surface area (Å²) in [5, 5.41) is 0. The average Bonchev–Trinajstić information content (AvgIpc) is 1.67. The van der Waals surface area contributed by atoms with Crippen molar-refractivity contribution in [2.45, 2.75) is 0 Å². The third-order valence-electron chi connectivity index (χ3n) is 0.330. The first-order valence-corrected chi connectivity index (χ1v) is 2.69. The van der Waals surface area contributed by atoms with Crippen LogP contribution in [-0.2, 0) is 4.43 Å². The molecule has 0 fully saturated rings. The lowest BCUT2D eigenvalue weighted by Gasteiger charge is -1.91. The van der Waals surface area contributed by atoms with E-state index in [1.165, 1.54) is 0 Å². The first-order valence-electron chi connectivity index (χ1n) is 1.58. The summed E-state index contributed by atoms with van der Waals surface area (Å²) in [7, 11) is -2.59. The maximum Gasteiger partial charge on any atom is 0.411 e. The Morgan fingerprint density at radius 3 is 1.88 bits per heavy atom. The van der Waals surface area contributed by atoms with Crippen LogP contribution in [0, 0.1) is 0 Å². The van der Waals surface area contributed by atoms with Gasteiger partial charge in [0.25, 0.3) is 0 Å². The zero-order chi connectivity index (χ0) is 6.57. The second-order valence-electron chi connectivity index (χ2n) is 0.788. The molecule has 0 saturated carbocycles. The maximum atomic E-state index is 11.2. The van der Waals surface area contributed by atoms with Crippen LogP contribution >= 0.6 is 0 Å². The van der Waals surface area contributed by atoms with E-state index in [1.54, 1.807) is 0 Å². The Bertz CT molecular complexity index is 98.2. The predicted octanol–water partition coefficient (Wildman–Crippen LogP) is 1.01. The fourth-order valence-electron chi connectivity index (χ4n) is 0.102. The molecule has 0 aliphatic heterocycles. The summed E-state index contributed by atoms with van der Waals surface area (Å²) in [6.07, 6.45) is -2.62. The topological polar surface area (TPSA) is 9.23 Å². The van der Waals surface area contributed by atoms with E-state index in [4.69, 9.17) is 0 Å². The summed E-state index contributed by atoms with van der Waals surface area (Å²) in [6.45, 7) is 0. The molecule has 0 unspecified atom stereocenters. The molecule has 6 heteroatoms. The van der Waals surface area contributed by atoms with Crippen LogP contribution in [0.3, 0.4) is 0 Å². The Morgan fingerprint density at radius 2 is 1.75 bits per heavy atom. The van der Waals surface area contributed by atoms with E-state index in [0.29, 0.717) is 0 Å². The van der Waals surface area contributed by atoms with Crippen molar-refractivity contribution >= 4 is 10.1 Å². The van der Waals surface area contributed by atoms with Crippen molar-refractivity contribution in [3.05, 3.63) is 12.1 Å². The van der Waals surface area contributed by atoms with Crippen molar-refractivity contribution < 1.29 is 21.7 Å². The molecule has 0 bridgehead atoms. The molecule has 0 aromatic rings. The van der Waals surface area contributed by atoms with Gasteiger partial charge in [-0.1, -0.05) is 0 Å². The lowest BCUT2D eigenvalue weighted by atomic mass is 11.0. The molecule has 0 spiro atoms. The van der Waals surface area contributed by atoms with Crippen LogP contribution in [0.4, 0.5) is 17.3 Å². The third kappa shape index (κ3) is 2.62. The molecular formula is C2H2F4OSi. The highest BCUT2D eigenvalue weighted by Gasteiger charge is 2.03. The molecule has 0 saturated heterocycles. The van der Waals surface area contributed by atoms with Gasteiger partial charge in [0.2, 0.25) is 0 Å². The Morgan fingerprint density at radius 1 is 1.25 bits per heavy atom. The zero-order valence-corrected chi connectivity index (χ0v) is 5.04. The second-order valence-corrected chi connectivity index (χ2v) is 1.29. The van der Waals surface area contributed by atoms with Gasteiger partial charge in [0.1, 0.15) is 0 Å². The highest BCUT2D eigenvalue weighted by atomic mass is 28.3. The van der Waals surface area contributed by atoms with Crippen molar-refractivity contribution in [1.29, 1.82) is 0 Å². The van der Waals surface area contributed by atoms with Crippen molar-refractivity contribution in [2.75, 3.05) is 0 Å². The Kier molecular flexibility index (Phi) is 3.25. The first-order chi connectivity index (χ1) is 3.68. The Labute approximate surface area is 45.1 Å². The highest BCUT2D eigenvalue weighted by molar-refractivity contribution is 6.17. The van der Waals surface area contributed by atoms with Gasteiger partial charge in [-0.2, -0.15) is 13.2 Å². The third-order valence-corrected chi connectivity index (χ3v) is 0.692.